The van der Waals surface area contributed by atoms with Crippen LogP contribution in [0.15, 0.2) is 35.2 Å². The fourth-order valence-corrected chi connectivity index (χ4v) is 6.05. The Hall–Kier alpha value is -2.26. The number of sulfonamides is 2. The fraction of sp³-hybridized carbons (Fsp3) is 0.368. The Kier molecular flexibility index (Phi) is 5.33. The van der Waals surface area contributed by atoms with Crippen molar-refractivity contribution in [3.05, 3.63) is 47.0 Å². The number of benzene rings is 2. The average Bonchev–Trinajstić information content (AvgIpc) is 2.97. The first-order valence-corrected chi connectivity index (χ1v) is 11.9. The van der Waals surface area contributed by atoms with Crippen molar-refractivity contribution in [3.8, 4) is 5.75 Å². The van der Waals surface area contributed by atoms with Gasteiger partial charge in [0.15, 0.2) is 0 Å². The lowest BCUT2D eigenvalue weighted by atomic mass is 10.1. The van der Waals surface area contributed by atoms with Gasteiger partial charge in [-0.3, -0.25) is 9.03 Å². The van der Waals surface area contributed by atoms with E-state index in [9.17, 15) is 16.8 Å². The molecule has 7 nitrogen and oxygen atoms in total. The van der Waals surface area contributed by atoms with E-state index in [4.69, 9.17) is 4.74 Å². The zero-order chi connectivity index (χ0) is 20.7. The van der Waals surface area contributed by atoms with Crippen molar-refractivity contribution in [1.82, 2.24) is 0 Å². The summed E-state index contributed by atoms with van der Waals surface area (Å²) in [5.41, 5.74) is 3.22. The summed E-state index contributed by atoms with van der Waals surface area (Å²) >= 11 is 0. The zero-order valence-corrected chi connectivity index (χ0v) is 17.9. The van der Waals surface area contributed by atoms with Crippen LogP contribution in [0.4, 0.5) is 11.4 Å². The summed E-state index contributed by atoms with van der Waals surface area (Å²) in [4.78, 5) is 0.0386. The van der Waals surface area contributed by atoms with E-state index >= 15 is 0 Å². The van der Waals surface area contributed by atoms with Crippen molar-refractivity contribution in [3.63, 3.8) is 0 Å². The average molecular weight is 425 g/mol. The Bertz CT molecular complexity index is 1130. The topological polar surface area (TPSA) is 92.8 Å². The van der Waals surface area contributed by atoms with E-state index in [1.165, 1.54) is 11.4 Å². The van der Waals surface area contributed by atoms with E-state index in [0.717, 1.165) is 11.1 Å². The summed E-state index contributed by atoms with van der Waals surface area (Å²) in [5, 5.41) is 0. The maximum Gasteiger partial charge on any atom is 0.265 e. The van der Waals surface area contributed by atoms with Gasteiger partial charge in [0.25, 0.3) is 10.0 Å². The van der Waals surface area contributed by atoms with Gasteiger partial charge in [0, 0.05) is 6.54 Å². The molecule has 152 valence electrons. The lowest BCUT2D eigenvalue weighted by Crippen LogP contribution is -2.25. The standard InChI is InChI=1S/C19H24N2O5S2/c1-13-6-7-16(21-8-5-9-27(21,22)23)12-17(13)20-28(24,25)19-11-15(3)14(2)10-18(19)26-4/h6-7,10-12,20H,5,8-9H2,1-4H3. The Morgan fingerprint density at radius 2 is 1.71 bits per heavy atom. The molecule has 0 unspecified atom stereocenters. The summed E-state index contributed by atoms with van der Waals surface area (Å²) in [7, 11) is -5.86. The van der Waals surface area contributed by atoms with E-state index in [0.29, 0.717) is 29.9 Å². The Balaban J connectivity index is 2.02. The van der Waals surface area contributed by atoms with Crippen LogP contribution >= 0.6 is 0 Å². The molecule has 28 heavy (non-hydrogen) atoms. The first kappa shape index (κ1) is 20.5. The van der Waals surface area contributed by atoms with E-state index < -0.39 is 20.0 Å². The van der Waals surface area contributed by atoms with Crippen molar-refractivity contribution in [2.75, 3.05) is 28.4 Å². The Labute approximate surface area is 166 Å². The summed E-state index contributed by atoms with van der Waals surface area (Å²) < 4.78 is 59.6. The van der Waals surface area contributed by atoms with Crippen LogP contribution in [-0.4, -0.2) is 36.2 Å². The molecular formula is C19H24N2O5S2. The number of methoxy groups -OCH3 is 1. The minimum atomic E-state index is -3.93. The van der Waals surface area contributed by atoms with Gasteiger partial charge in [-0.2, -0.15) is 0 Å². The predicted molar refractivity (Wildman–Crippen MR) is 110 cm³/mol. The maximum absolute atomic E-state index is 13.0. The number of ether oxygens (including phenoxy) is 1. The van der Waals surface area contributed by atoms with Gasteiger partial charge in [-0.05, 0) is 68.1 Å². The molecule has 0 bridgehead atoms. The van der Waals surface area contributed by atoms with Gasteiger partial charge in [0.2, 0.25) is 10.0 Å². The molecule has 1 aliphatic heterocycles. The molecule has 0 aliphatic carbocycles. The normalized spacial score (nSPS) is 16.2. The van der Waals surface area contributed by atoms with Crippen LogP contribution in [0.1, 0.15) is 23.1 Å². The smallest absolute Gasteiger partial charge is 0.265 e. The number of hydrogen-bond donors (Lipinski definition) is 1. The second-order valence-electron chi connectivity index (χ2n) is 6.93. The number of anilines is 2. The second kappa shape index (κ2) is 7.29. The highest BCUT2D eigenvalue weighted by atomic mass is 32.2. The van der Waals surface area contributed by atoms with E-state index in [2.05, 4.69) is 4.72 Å². The lowest BCUT2D eigenvalue weighted by Gasteiger charge is -2.20. The van der Waals surface area contributed by atoms with Crippen LogP contribution in [0.2, 0.25) is 0 Å². The van der Waals surface area contributed by atoms with E-state index in [-0.39, 0.29) is 16.4 Å². The zero-order valence-electron chi connectivity index (χ0n) is 16.3. The molecule has 0 amide bonds. The predicted octanol–water partition coefficient (Wildman–Crippen LogP) is 2.96. The highest BCUT2D eigenvalue weighted by Gasteiger charge is 2.29. The molecule has 1 saturated heterocycles. The van der Waals surface area contributed by atoms with Crippen LogP contribution in [0.3, 0.4) is 0 Å². The molecule has 3 rings (SSSR count). The third kappa shape index (κ3) is 3.81. The van der Waals surface area contributed by atoms with Gasteiger partial charge in [0.05, 0.1) is 24.2 Å². The summed E-state index contributed by atoms with van der Waals surface area (Å²) in [6.07, 6.45) is 0.553. The largest absolute Gasteiger partial charge is 0.495 e. The van der Waals surface area contributed by atoms with Gasteiger partial charge in [0.1, 0.15) is 10.6 Å². The maximum atomic E-state index is 13.0. The monoisotopic (exact) mass is 424 g/mol. The fourth-order valence-electron chi connectivity index (χ4n) is 3.14. The van der Waals surface area contributed by atoms with Crippen LogP contribution < -0.4 is 13.8 Å². The van der Waals surface area contributed by atoms with Gasteiger partial charge in [-0.1, -0.05) is 6.07 Å². The van der Waals surface area contributed by atoms with Crippen molar-refractivity contribution in [1.29, 1.82) is 0 Å². The minimum Gasteiger partial charge on any atom is -0.495 e. The molecule has 0 aromatic heterocycles. The van der Waals surface area contributed by atoms with Crippen molar-refractivity contribution in [2.45, 2.75) is 32.1 Å². The first-order chi connectivity index (χ1) is 13.0. The molecule has 1 fully saturated rings. The van der Waals surface area contributed by atoms with Crippen LogP contribution in [0.5, 0.6) is 5.75 Å². The molecule has 0 radical (unpaired) electrons. The molecule has 1 heterocycles. The number of rotatable bonds is 5. The Morgan fingerprint density at radius 1 is 1.04 bits per heavy atom. The summed E-state index contributed by atoms with van der Waals surface area (Å²) in [5.74, 6) is 0.355. The van der Waals surface area contributed by atoms with Crippen LogP contribution in [-0.2, 0) is 20.0 Å². The van der Waals surface area contributed by atoms with Crippen molar-refractivity contribution in [2.24, 2.45) is 0 Å². The van der Waals surface area contributed by atoms with Gasteiger partial charge in [-0.15, -0.1) is 0 Å². The molecule has 1 N–H and O–H groups in total. The molecule has 2 aromatic carbocycles. The van der Waals surface area contributed by atoms with Crippen molar-refractivity contribution >= 4 is 31.4 Å². The highest BCUT2D eigenvalue weighted by Crippen LogP contribution is 2.32. The number of hydrogen-bond acceptors (Lipinski definition) is 5. The number of nitrogens with zero attached hydrogens (tertiary/aromatic N) is 1. The van der Waals surface area contributed by atoms with Gasteiger partial charge < -0.3 is 4.74 Å². The minimum absolute atomic E-state index is 0.0386. The summed E-state index contributed by atoms with van der Waals surface area (Å²) in [6.45, 7) is 5.87. The molecule has 0 atom stereocenters. The Morgan fingerprint density at radius 3 is 2.32 bits per heavy atom. The molecule has 2 aromatic rings. The molecule has 1 aliphatic rings. The van der Waals surface area contributed by atoms with E-state index in [1.807, 2.05) is 13.8 Å². The second-order valence-corrected chi connectivity index (χ2v) is 10.6. The van der Waals surface area contributed by atoms with E-state index in [1.54, 1.807) is 37.3 Å². The number of nitrogens with one attached hydrogen (secondary N) is 1. The summed E-state index contributed by atoms with van der Waals surface area (Å²) in [6, 6.07) is 8.21. The number of aryl methyl sites for hydroxylation is 3. The van der Waals surface area contributed by atoms with Crippen LogP contribution in [0, 0.1) is 20.8 Å². The van der Waals surface area contributed by atoms with Crippen molar-refractivity contribution < 1.29 is 21.6 Å². The van der Waals surface area contributed by atoms with Crippen LogP contribution in [0.25, 0.3) is 0 Å². The third-order valence-corrected chi connectivity index (χ3v) is 8.18. The lowest BCUT2D eigenvalue weighted by molar-refractivity contribution is 0.402. The van der Waals surface area contributed by atoms with Gasteiger partial charge >= 0.3 is 0 Å². The quantitative estimate of drug-likeness (QED) is 0.797. The molecule has 0 spiro atoms. The van der Waals surface area contributed by atoms with Gasteiger partial charge in [-0.25, -0.2) is 16.8 Å². The molecular weight excluding hydrogens is 400 g/mol. The molecule has 0 saturated carbocycles. The highest BCUT2D eigenvalue weighted by molar-refractivity contribution is 7.93. The first-order valence-electron chi connectivity index (χ1n) is 8.84. The third-order valence-electron chi connectivity index (χ3n) is 4.92. The SMILES string of the molecule is COc1cc(C)c(C)cc1S(=O)(=O)Nc1cc(N2CCCS2(=O)=O)ccc1C. The molecule has 9 heteroatoms.